The third-order valence-electron chi connectivity index (χ3n) is 5.69. The Morgan fingerprint density at radius 2 is 1.73 bits per heavy atom. The Balaban J connectivity index is 1.76. The smallest absolute Gasteiger partial charge is 0.273 e. The van der Waals surface area contributed by atoms with E-state index >= 15 is 0 Å². The first kappa shape index (κ1) is 27.8. The molecule has 37 heavy (non-hydrogen) atoms. The predicted octanol–water partition coefficient (Wildman–Crippen LogP) is 0.954. The van der Waals surface area contributed by atoms with Crippen LogP contribution in [0.3, 0.4) is 0 Å². The summed E-state index contributed by atoms with van der Waals surface area (Å²) in [5, 5.41) is 30.9. The fourth-order valence-corrected chi connectivity index (χ4v) is 3.68. The van der Waals surface area contributed by atoms with Crippen molar-refractivity contribution in [3.8, 4) is 0 Å². The van der Waals surface area contributed by atoms with Crippen LogP contribution < -0.4 is 16.0 Å². The molecule has 3 rings (SSSR count). The highest BCUT2D eigenvalue weighted by Crippen LogP contribution is 2.23. The molecule has 0 saturated carbocycles. The van der Waals surface area contributed by atoms with Gasteiger partial charge in [0.25, 0.3) is 5.91 Å². The molecule has 0 saturated heterocycles. The van der Waals surface area contributed by atoms with Gasteiger partial charge >= 0.3 is 0 Å². The number of amides is 3. The maximum atomic E-state index is 13.3. The molecule has 3 amide bonds. The summed E-state index contributed by atoms with van der Waals surface area (Å²) in [5.74, 6) is -2.01. The zero-order valence-electron chi connectivity index (χ0n) is 21.0. The average Bonchev–Trinajstić information content (AvgIpc) is 3.23. The standard InChI is InChI=1S/C26H32FN5O5/c1-26(2,3)23(25(37)29-13-21(35)28-12-18(34)15-33)30-24(36)22-19-6-4-5-7-20(19)32(31-22)14-16-8-10-17(27)11-9-16/h4-11,18,23,33-34H,12-15H2,1-3H3,(H,28,35)(H,29,37)(H,30,36)/t18-,23+/m0/s1. The van der Waals surface area contributed by atoms with Crippen molar-refractivity contribution in [1.29, 1.82) is 0 Å². The first-order valence-corrected chi connectivity index (χ1v) is 11.8. The molecular formula is C26H32FN5O5. The maximum absolute atomic E-state index is 13.3. The number of hydrogen-bond acceptors (Lipinski definition) is 6. The first-order chi connectivity index (χ1) is 17.5. The molecule has 0 spiro atoms. The summed E-state index contributed by atoms with van der Waals surface area (Å²) >= 11 is 0. The Kier molecular flexibility index (Phi) is 8.95. The van der Waals surface area contributed by atoms with Gasteiger partial charge < -0.3 is 26.2 Å². The van der Waals surface area contributed by atoms with E-state index in [2.05, 4.69) is 21.0 Å². The van der Waals surface area contributed by atoms with E-state index in [9.17, 15) is 23.9 Å². The molecule has 0 radical (unpaired) electrons. The zero-order chi connectivity index (χ0) is 27.2. The van der Waals surface area contributed by atoms with Crippen molar-refractivity contribution < 1.29 is 29.0 Å². The fraction of sp³-hybridized carbons (Fsp3) is 0.385. The molecule has 0 aliphatic heterocycles. The van der Waals surface area contributed by atoms with E-state index < -0.39 is 41.9 Å². The maximum Gasteiger partial charge on any atom is 0.273 e. The van der Waals surface area contributed by atoms with E-state index in [-0.39, 0.29) is 24.6 Å². The summed E-state index contributed by atoms with van der Waals surface area (Å²) < 4.78 is 15.0. The van der Waals surface area contributed by atoms with E-state index in [4.69, 9.17) is 5.11 Å². The predicted molar refractivity (Wildman–Crippen MR) is 135 cm³/mol. The quantitative estimate of drug-likeness (QED) is 0.273. The van der Waals surface area contributed by atoms with E-state index in [1.54, 1.807) is 49.7 Å². The van der Waals surface area contributed by atoms with Gasteiger partial charge in [0.05, 0.1) is 31.3 Å². The molecule has 0 unspecified atom stereocenters. The number of fused-ring (bicyclic) bond motifs is 1. The molecule has 0 bridgehead atoms. The van der Waals surface area contributed by atoms with Crippen LogP contribution in [0.2, 0.25) is 0 Å². The van der Waals surface area contributed by atoms with Gasteiger partial charge in [-0.05, 0) is 29.2 Å². The van der Waals surface area contributed by atoms with Crippen LogP contribution in [0.4, 0.5) is 4.39 Å². The minimum atomic E-state index is -1.10. The molecule has 198 valence electrons. The van der Waals surface area contributed by atoms with Gasteiger partial charge in [0, 0.05) is 11.9 Å². The van der Waals surface area contributed by atoms with Crippen LogP contribution in [0.25, 0.3) is 10.9 Å². The third-order valence-corrected chi connectivity index (χ3v) is 5.69. The number of nitrogens with zero attached hydrogens (tertiary/aromatic N) is 2. The summed E-state index contributed by atoms with van der Waals surface area (Å²) in [5.41, 5.74) is 0.944. The van der Waals surface area contributed by atoms with Gasteiger partial charge in [-0.15, -0.1) is 0 Å². The highest BCUT2D eigenvalue weighted by molar-refractivity contribution is 6.06. The van der Waals surface area contributed by atoms with E-state index in [1.165, 1.54) is 12.1 Å². The van der Waals surface area contributed by atoms with Crippen LogP contribution in [-0.4, -0.2) is 69.6 Å². The molecule has 1 aromatic heterocycles. The normalized spacial score (nSPS) is 13.1. The van der Waals surface area contributed by atoms with Crippen molar-refractivity contribution in [3.63, 3.8) is 0 Å². The Morgan fingerprint density at radius 3 is 2.38 bits per heavy atom. The molecule has 0 aliphatic rings. The number of para-hydroxylation sites is 1. The molecule has 5 N–H and O–H groups in total. The van der Waals surface area contributed by atoms with Crippen molar-refractivity contribution in [2.24, 2.45) is 5.41 Å². The Labute approximate surface area is 213 Å². The first-order valence-electron chi connectivity index (χ1n) is 11.8. The highest BCUT2D eigenvalue weighted by Gasteiger charge is 2.34. The van der Waals surface area contributed by atoms with E-state index in [0.29, 0.717) is 17.4 Å². The van der Waals surface area contributed by atoms with Gasteiger partial charge in [0.2, 0.25) is 11.8 Å². The number of nitrogens with one attached hydrogen (secondary N) is 3. The lowest BCUT2D eigenvalue weighted by molar-refractivity contribution is -0.129. The summed E-state index contributed by atoms with van der Waals surface area (Å²) in [4.78, 5) is 38.2. The van der Waals surface area contributed by atoms with E-state index in [0.717, 1.165) is 5.56 Å². The summed E-state index contributed by atoms with van der Waals surface area (Å²) in [7, 11) is 0. The number of carbonyl (C=O) groups is 3. The largest absolute Gasteiger partial charge is 0.394 e. The number of benzene rings is 2. The van der Waals surface area contributed by atoms with Crippen molar-refractivity contribution in [2.45, 2.75) is 39.5 Å². The monoisotopic (exact) mass is 513 g/mol. The molecule has 0 fully saturated rings. The number of aliphatic hydroxyl groups is 2. The summed E-state index contributed by atoms with van der Waals surface area (Å²) in [6.45, 7) is 4.63. The Bertz CT molecular complexity index is 1250. The van der Waals surface area contributed by atoms with Crippen LogP contribution in [-0.2, 0) is 16.1 Å². The topological polar surface area (TPSA) is 146 Å². The second kappa shape index (κ2) is 11.9. The number of halogens is 1. The van der Waals surface area contributed by atoms with Gasteiger partial charge in [0.15, 0.2) is 5.69 Å². The number of aromatic nitrogens is 2. The Hall–Kier alpha value is -3.83. The SMILES string of the molecule is CC(C)(C)[C@H](NC(=O)c1nn(Cc2ccc(F)cc2)c2ccccc12)C(=O)NCC(=O)NC[C@H](O)CO. The zero-order valence-corrected chi connectivity index (χ0v) is 21.0. The number of aliphatic hydroxyl groups excluding tert-OH is 2. The minimum absolute atomic E-state index is 0.135. The van der Waals surface area contributed by atoms with Crippen molar-refractivity contribution in [3.05, 3.63) is 65.6 Å². The molecule has 10 nitrogen and oxygen atoms in total. The van der Waals surface area contributed by atoms with Crippen LogP contribution in [0.5, 0.6) is 0 Å². The van der Waals surface area contributed by atoms with Crippen molar-refractivity contribution in [2.75, 3.05) is 19.7 Å². The average molecular weight is 514 g/mol. The van der Waals surface area contributed by atoms with Crippen molar-refractivity contribution >= 4 is 28.6 Å². The fourth-order valence-electron chi connectivity index (χ4n) is 3.68. The summed E-state index contributed by atoms with van der Waals surface area (Å²) in [6, 6.07) is 12.2. The van der Waals surface area contributed by atoms with Crippen LogP contribution >= 0.6 is 0 Å². The molecule has 0 aliphatic carbocycles. The highest BCUT2D eigenvalue weighted by atomic mass is 19.1. The number of rotatable bonds is 10. The molecule has 2 atom stereocenters. The number of carbonyl (C=O) groups excluding carboxylic acids is 3. The van der Waals surface area contributed by atoms with Gasteiger partial charge in [-0.25, -0.2) is 4.39 Å². The molecule has 11 heteroatoms. The Morgan fingerprint density at radius 1 is 1.05 bits per heavy atom. The lowest BCUT2D eigenvalue weighted by Crippen LogP contribution is -2.55. The van der Waals surface area contributed by atoms with Gasteiger partial charge in [-0.1, -0.05) is 51.1 Å². The lowest BCUT2D eigenvalue weighted by Gasteiger charge is -2.30. The molecular weight excluding hydrogens is 481 g/mol. The molecule has 2 aromatic carbocycles. The van der Waals surface area contributed by atoms with Gasteiger partial charge in [-0.2, -0.15) is 5.10 Å². The van der Waals surface area contributed by atoms with Crippen LogP contribution in [0, 0.1) is 11.2 Å². The third kappa shape index (κ3) is 7.34. The van der Waals surface area contributed by atoms with Gasteiger partial charge in [0.1, 0.15) is 11.9 Å². The second-order valence-electron chi connectivity index (χ2n) is 9.78. The summed E-state index contributed by atoms with van der Waals surface area (Å²) in [6.07, 6.45) is -1.10. The molecule has 3 aromatic rings. The van der Waals surface area contributed by atoms with Crippen molar-refractivity contribution in [1.82, 2.24) is 25.7 Å². The van der Waals surface area contributed by atoms with Crippen LogP contribution in [0.15, 0.2) is 48.5 Å². The van der Waals surface area contributed by atoms with Gasteiger partial charge in [-0.3, -0.25) is 19.1 Å². The minimum Gasteiger partial charge on any atom is -0.394 e. The molecule has 1 heterocycles. The lowest BCUT2D eigenvalue weighted by atomic mass is 9.86. The van der Waals surface area contributed by atoms with Crippen LogP contribution in [0.1, 0.15) is 36.8 Å². The number of hydrogen-bond donors (Lipinski definition) is 5. The van der Waals surface area contributed by atoms with E-state index in [1.807, 2.05) is 12.1 Å². The second-order valence-corrected chi connectivity index (χ2v) is 9.78.